The second-order valence-electron chi connectivity index (χ2n) is 3.54. The van der Waals surface area contributed by atoms with Gasteiger partial charge in [0.2, 0.25) is 0 Å². The average molecular weight is 243 g/mol. The summed E-state index contributed by atoms with van der Waals surface area (Å²) in [6.07, 6.45) is 0. The summed E-state index contributed by atoms with van der Waals surface area (Å²) in [6, 6.07) is 0. The van der Waals surface area contributed by atoms with Crippen LogP contribution in [0.25, 0.3) is 0 Å². The number of nitrogens with two attached hydrogens (primary N) is 1. The quantitative estimate of drug-likeness (QED) is 0.715. The van der Waals surface area contributed by atoms with Crippen LogP contribution in [0.4, 0.5) is 0 Å². The number of hydrogen-bond donors (Lipinski definition) is 1. The van der Waals surface area contributed by atoms with Crippen molar-refractivity contribution in [1.29, 1.82) is 0 Å². The molecule has 0 aliphatic rings. The average Bonchev–Trinajstić information content (AvgIpc) is 2.66. The first-order valence-corrected chi connectivity index (χ1v) is 6.64. The van der Waals surface area contributed by atoms with Gasteiger partial charge < -0.3 is 15.2 Å². The summed E-state index contributed by atoms with van der Waals surface area (Å²) in [6.45, 7) is 8.10. The van der Waals surface area contributed by atoms with Gasteiger partial charge in [-0.05, 0) is 13.1 Å². The maximum atomic E-state index is 5.54. The second kappa shape index (κ2) is 6.88. The van der Waals surface area contributed by atoms with Crippen LogP contribution in [-0.2, 0) is 13.6 Å². The first-order chi connectivity index (χ1) is 7.72. The molecule has 0 bridgehead atoms. The lowest BCUT2D eigenvalue weighted by Gasteiger charge is -2.16. The standard InChI is InChI=1S/C10H21N5S/c1-4-15(5-2)6-7-16-10-13-12-9(8-11)14(10)3/h4-8,11H2,1-3H3. The minimum atomic E-state index is 0.445. The molecule has 0 unspecified atom stereocenters. The molecule has 0 spiro atoms. The van der Waals surface area contributed by atoms with Crippen molar-refractivity contribution in [3.63, 3.8) is 0 Å². The van der Waals surface area contributed by atoms with Crippen LogP contribution >= 0.6 is 11.8 Å². The van der Waals surface area contributed by atoms with Crippen molar-refractivity contribution in [2.24, 2.45) is 12.8 Å². The molecular formula is C10H21N5S. The summed E-state index contributed by atoms with van der Waals surface area (Å²) >= 11 is 1.73. The lowest BCUT2D eigenvalue weighted by atomic mass is 10.5. The van der Waals surface area contributed by atoms with Crippen molar-refractivity contribution < 1.29 is 0 Å². The van der Waals surface area contributed by atoms with E-state index in [1.165, 1.54) is 0 Å². The van der Waals surface area contributed by atoms with Gasteiger partial charge in [-0.2, -0.15) is 0 Å². The molecule has 0 amide bonds. The van der Waals surface area contributed by atoms with Crippen molar-refractivity contribution in [3.05, 3.63) is 5.82 Å². The fraction of sp³-hybridized carbons (Fsp3) is 0.800. The van der Waals surface area contributed by atoms with E-state index < -0.39 is 0 Å². The molecule has 1 aromatic heterocycles. The van der Waals surface area contributed by atoms with Gasteiger partial charge in [0.05, 0.1) is 6.54 Å². The summed E-state index contributed by atoms with van der Waals surface area (Å²) in [5, 5.41) is 9.09. The highest BCUT2D eigenvalue weighted by molar-refractivity contribution is 7.99. The maximum absolute atomic E-state index is 5.54. The van der Waals surface area contributed by atoms with E-state index in [1.807, 2.05) is 11.6 Å². The summed E-state index contributed by atoms with van der Waals surface area (Å²) in [5.74, 6) is 1.88. The Bertz CT molecular complexity index is 308. The summed E-state index contributed by atoms with van der Waals surface area (Å²) < 4.78 is 1.97. The van der Waals surface area contributed by atoms with Crippen molar-refractivity contribution >= 4 is 11.8 Å². The van der Waals surface area contributed by atoms with Crippen molar-refractivity contribution in [1.82, 2.24) is 19.7 Å². The van der Waals surface area contributed by atoms with Gasteiger partial charge >= 0.3 is 0 Å². The second-order valence-corrected chi connectivity index (χ2v) is 4.60. The minimum Gasteiger partial charge on any atom is -0.324 e. The van der Waals surface area contributed by atoms with Crippen LogP contribution < -0.4 is 5.73 Å². The van der Waals surface area contributed by atoms with Gasteiger partial charge in [0, 0.05) is 19.3 Å². The summed E-state index contributed by atoms with van der Waals surface area (Å²) in [7, 11) is 1.96. The smallest absolute Gasteiger partial charge is 0.191 e. The third kappa shape index (κ3) is 3.47. The SMILES string of the molecule is CCN(CC)CCSc1nnc(CN)n1C. The Morgan fingerprint density at radius 3 is 2.50 bits per heavy atom. The van der Waals surface area contributed by atoms with E-state index in [1.54, 1.807) is 11.8 Å². The van der Waals surface area contributed by atoms with Gasteiger partial charge in [-0.1, -0.05) is 25.6 Å². The van der Waals surface area contributed by atoms with Gasteiger partial charge in [0.25, 0.3) is 0 Å². The third-order valence-corrected chi connectivity index (χ3v) is 3.64. The highest BCUT2D eigenvalue weighted by Gasteiger charge is 2.07. The van der Waals surface area contributed by atoms with E-state index in [0.29, 0.717) is 6.54 Å². The number of nitrogens with zero attached hydrogens (tertiary/aromatic N) is 4. The zero-order valence-electron chi connectivity index (χ0n) is 10.3. The van der Waals surface area contributed by atoms with Gasteiger partial charge in [-0.25, -0.2) is 0 Å². The monoisotopic (exact) mass is 243 g/mol. The zero-order chi connectivity index (χ0) is 12.0. The lowest BCUT2D eigenvalue weighted by molar-refractivity contribution is 0.324. The number of thioether (sulfide) groups is 1. The molecule has 1 heterocycles. The maximum Gasteiger partial charge on any atom is 0.191 e. The van der Waals surface area contributed by atoms with Crippen LogP contribution in [0.1, 0.15) is 19.7 Å². The Balaban J connectivity index is 2.39. The zero-order valence-corrected chi connectivity index (χ0v) is 11.1. The molecule has 0 saturated carbocycles. The Morgan fingerprint density at radius 2 is 2.00 bits per heavy atom. The third-order valence-electron chi connectivity index (χ3n) is 2.64. The predicted molar refractivity (Wildman–Crippen MR) is 67.4 cm³/mol. The molecular weight excluding hydrogens is 222 g/mol. The Morgan fingerprint density at radius 1 is 1.31 bits per heavy atom. The number of hydrogen-bond acceptors (Lipinski definition) is 5. The van der Waals surface area contributed by atoms with Crippen LogP contribution in [0.5, 0.6) is 0 Å². The molecule has 2 N–H and O–H groups in total. The molecule has 0 aliphatic heterocycles. The van der Waals surface area contributed by atoms with Gasteiger partial charge in [0.1, 0.15) is 5.82 Å². The Labute approximate surface area is 101 Å². The fourth-order valence-electron chi connectivity index (χ4n) is 1.45. The highest BCUT2D eigenvalue weighted by Crippen LogP contribution is 2.15. The molecule has 16 heavy (non-hydrogen) atoms. The van der Waals surface area contributed by atoms with Crippen LogP contribution in [0.3, 0.4) is 0 Å². The van der Waals surface area contributed by atoms with E-state index in [2.05, 4.69) is 28.9 Å². The first kappa shape index (κ1) is 13.5. The van der Waals surface area contributed by atoms with E-state index in [4.69, 9.17) is 5.73 Å². The molecule has 5 nitrogen and oxygen atoms in total. The van der Waals surface area contributed by atoms with E-state index in [9.17, 15) is 0 Å². The van der Waals surface area contributed by atoms with Crippen molar-refractivity contribution in [3.8, 4) is 0 Å². The molecule has 0 atom stereocenters. The van der Waals surface area contributed by atoms with Crippen LogP contribution in [-0.4, -0.2) is 45.1 Å². The van der Waals surface area contributed by atoms with Crippen molar-refractivity contribution in [2.75, 3.05) is 25.4 Å². The van der Waals surface area contributed by atoms with Gasteiger partial charge in [0.15, 0.2) is 5.16 Å². The van der Waals surface area contributed by atoms with E-state index >= 15 is 0 Å². The van der Waals surface area contributed by atoms with Gasteiger partial charge in [-0.3, -0.25) is 0 Å². The molecule has 92 valence electrons. The van der Waals surface area contributed by atoms with Crippen LogP contribution in [0.2, 0.25) is 0 Å². The fourth-order valence-corrected chi connectivity index (χ4v) is 2.38. The van der Waals surface area contributed by atoms with Crippen molar-refractivity contribution in [2.45, 2.75) is 25.5 Å². The molecule has 0 fully saturated rings. The molecule has 0 aromatic carbocycles. The van der Waals surface area contributed by atoms with Crippen LogP contribution in [0, 0.1) is 0 Å². The van der Waals surface area contributed by atoms with Gasteiger partial charge in [-0.15, -0.1) is 10.2 Å². The summed E-state index contributed by atoms with van der Waals surface area (Å²) in [5.41, 5.74) is 5.54. The van der Waals surface area contributed by atoms with Crippen LogP contribution in [0.15, 0.2) is 5.16 Å². The predicted octanol–water partition coefficient (Wildman–Crippen LogP) is 0.708. The molecule has 0 aliphatic carbocycles. The number of rotatable bonds is 7. The van der Waals surface area contributed by atoms with E-state index in [-0.39, 0.29) is 0 Å². The molecule has 0 radical (unpaired) electrons. The molecule has 1 aromatic rings. The Kier molecular flexibility index (Phi) is 5.79. The number of aromatic nitrogens is 3. The molecule has 0 saturated heterocycles. The minimum absolute atomic E-state index is 0.445. The normalized spacial score (nSPS) is 11.3. The molecule has 1 rings (SSSR count). The Hall–Kier alpha value is -0.590. The largest absolute Gasteiger partial charge is 0.324 e. The molecule has 6 heteroatoms. The summed E-state index contributed by atoms with van der Waals surface area (Å²) in [4.78, 5) is 2.40. The highest BCUT2D eigenvalue weighted by atomic mass is 32.2. The first-order valence-electron chi connectivity index (χ1n) is 5.66. The van der Waals surface area contributed by atoms with E-state index in [0.717, 1.165) is 36.4 Å². The topological polar surface area (TPSA) is 60.0 Å². The lowest BCUT2D eigenvalue weighted by Crippen LogP contribution is -2.25.